The van der Waals surface area contributed by atoms with Crippen LogP contribution in [0.25, 0.3) is 0 Å². The van der Waals surface area contributed by atoms with E-state index in [-0.39, 0.29) is 5.41 Å². The third-order valence-electron chi connectivity index (χ3n) is 2.99. The summed E-state index contributed by atoms with van der Waals surface area (Å²) in [5, 5.41) is 3.56. The molecule has 2 nitrogen and oxygen atoms in total. The van der Waals surface area contributed by atoms with E-state index in [1.54, 1.807) is 0 Å². The van der Waals surface area contributed by atoms with E-state index in [0.29, 0.717) is 18.2 Å². The molecule has 1 rings (SSSR count). The average Bonchev–Trinajstić information content (AvgIpc) is 2.45. The zero-order chi connectivity index (χ0) is 10.8. The summed E-state index contributed by atoms with van der Waals surface area (Å²) in [4.78, 5) is 0. The topological polar surface area (TPSA) is 21.3 Å². The fraction of sp³-hybridized carbons (Fsp3) is 1.00. The van der Waals surface area contributed by atoms with Crippen LogP contribution >= 0.6 is 0 Å². The Morgan fingerprint density at radius 1 is 1.36 bits per heavy atom. The van der Waals surface area contributed by atoms with E-state index in [1.807, 2.05) is 0 Å². The highest BCUT2D eigenvalue weighted by atomic mass is 16.5. The molecule has 3 atom stereocenters. The standard InChI is InChI=1S/C12H25NO/c1-6-13-11(12(3,4)5)10-8-7-9(2)14-10/h9-11,13H,6-8H2,1-5H3. The third kappa shape index (κ3) is 2.96. The Morgan fingerprint density at radius 3 is 2.36 bits per heavy atom. The van der Waals surface area contributed by atoms with E-state index in [1.165, 1.54) is 12.8 Å². The Kier molecular flexibility index (Phi) is 3.96. The molecule has 84 valence electrons. The summed E-state index contributed by atoms with van der Waals surface area (Å²) in [6, 6.07) is 0.484. The van der Waals surface area contributed by atoms with Crippen molar-refractivity contribution in [1.82, 2.24) is 5.32 Å². The number of ether oxygens (including phenoxy) is 1. The molecule has 1 aliphatic heterocycles. The molecule has 0 radical (unpaired) electrons. The first-order chi connectivity index (χ1) is 6.45. The minimum atomic E-state index is 0.282. The molecule has 1 aliphatic rings. The maximum Gasteiger partial charge on any atom is 0.0737 e. The van der Waals surface area contributed by atoms with E-state index in [4.69, 9.17) is 4.74 Å². The highest BCUT2D eigenvalue weighted by Gasteiger charge is 2.36. The molecule has 0 aromatic carbocycles. The van der Waals surface area contributed by atoms with Crippen LogP contribution in [0, 0.1) is 5.41 Å². The second-order valence-electron chi connectivity index (χ2n) is 5.46. The normalized spacial score (nSPS) is 30.6. The molecule has 14 heavy (non-hydrogen) atoms. The fourth-order valence-corrected chi connectivity index (χ4v) is 2.29. The molecular weight excluding hydrogens is 174 g/mol. The number of likely N-dealkylation sites (N-methyl/N-ethyl adjacent to an activating group) is 1. The van der Waals surface area contributed by atoms with Crippen LogP contribution in [-0.4, -0.2) is 24.8 Å². The first-order valence-corrected chi connectivity index (χ1v) is 5.84. The maximum atomic E-state index is 5.94. The minimum absolute atomic E-state index is 0.282. The lowest BCUT2D eigenvalue weighted by Crippen LogP contribution is -2.48. The fourth-order valence-electron chi connectivity index (χ4n) is 2.29. The zero-order valence-electron chi connectivity index (χ0n) is 10.3. The molecule has 1 heterocycles. The molecular formula is C12H25NO. The first kappa shape index (κ1) is 12.0. The molecule has 0 aromatic heterocycles. The summed E-state index contributed by atoms with van der Waals surface area (Å²) in [6.07, 6.45) is 3.27. The molecule has 0 amide bonds. The summed E-state index contributed by atoms with van der Waals surface area (Å²) in [6.45, 7) is 12.2. The van der Waals surface area contributed by atoms with Crippen molar-refractivity contribution in [2.24, 2.45) is 5.41 Å². The lowest BCUT2D eigenvalue weighted by molar-refractivity contribution is 0.00449. The van der Waals surface area contributed by atoms with Gasteiger partial charge in [-0.25, -0.2) is 0 Å². The monoisotopic (exact) mass is 199 g/mol. The second kappa shape index (κ2) is 4.63. The van der Waals surface area contributed by atoms with Crippen LogP contribution in [0.3, 0.4) is 0 Å². The average molecular weight is 199 g/mol. The van der Waals surface area contributed by atoms with E-state index in [9.17, 15) is 0 Å². The molecule has 0 saturated carbocycles. The number of hydrogen-bond acceptors (Lipinski definition) is 2. The van der Waals surface area contributed by atoms with Gasteiger partial charge in [0.05, 0.1) is 12.2 Å². The van der Waals surface area contributed by atoms with Gasteiger partial charge in [0.1, 0.15) is 0 Å². The van der Waals surface area contributed by atoms with E-state index < -0.39 is 0 Å². The third-order valence-corrected chi connectivity index (χ3v) is 2.99. The summed E-state index contributed by atoms with van der Waals surface area (Å²) in [5.41, 5.74) is 0.282. The molecule has 0 bridgehead atoms. The quantitative estimate of drug-likeness (QED) is 0.754. The molecule has 1 fully saturated rings. The Balaban J connectivity index is 2.59. The van der Waals surface area contributed by atoms with Crippen molar-refractivity contribution in [1.29, 1.82) is 0 Å². The van der Waals surface area contributed by atoms with Gasteiger partial charge in [-0.3, -0.25) is 0 Å². The van der Waals surface area contributed by atoms with Crippen LogP contribution in [0.15, 0.2) is 0 Å². The molecule has 3 unspecified atom stereocenters. The van der Waals surface area contributed by atoms with Crippen LogP contribution in [0.4, 0.5) is 0 Å². The van der Waals surface area contributed by atoms with E-state index in [2.05, 4.69) is 39.9 Å². The molecule has 1 saturated heterocycles. The number of nitrogens with one attached hydrogen (secondary N) is 1. The van der Waals surface area contributed by atoms with Gasteiger partial charge >= 0.3 is 0 Å². The summed E-state index contributed by atoms with van der Waals surface area (Å²) >= 11 is 0. The lowest BCUT2D eigenvalue weighted by Gasteiger charge is -2.35. The Morgan fingerprint density at radius 2 is 2.00 bits per heavy atom. The van der Waals surface area contributed by atoms with Crippen molar-refractivity contribution in [2.75, 3.05) is 6.54 Å². The Bertz CT molecular complexity index is 174. The van der Waals surface area contributed by atoms with Gasteiger partial charge in [-0.2, -0.15) is 0 Å². The molecule has 0 spiro atoms. The van der Waals surface area contributed by atoms with Crippen LogP contribution < -0.4 is 5.32 Å². The van der Waals surface area contributed by atoms with Crippen molar-refractivity contribution in [3.05, 3.63) is 0 Å². The molecule has 2 heteroatoms. The van der Waals surface area contributed by atoms with Crippen LogP contribution in [0.1, 0.15) is 47.5 Å². The zero-order valence-corrected chi connectivity index (χ0v) is 10.3. The van der Waals surface area contributed by atoms with Gasteiger partial charge in [0, 0.05) is 6.04 Å². The van der Waals surface area contributed by atoms with E-state index >= 15 is 0 Å². The largest absolute Gasteiger partial charge is 0.374 e. The van der Waals surface area contributed by atoms with Gasteiger partial charge in [0.15, 0.2) is 0 Å². The van der Waals surface area contributed by atoms with Gasteiger partial charge in [-0.05, 0) is 31.7 Å². The number of rotatable bonds is 3. The van der Waals surface area contributed by atoms with Gasteiger partial charge in [-0.15, -0.1) is 0 Å². The highest BCUT2D eigenvalue weighted by molar-refractivity contribution is 4.90. The van der Waals surface area contributed by atoms with Crippen LogP contribution in [0.5, 0.6) is 0 Å². The minimum Gasteiger partial charge on any atom is -0.374 e. The molecule has 0 aliphatic carbocycles. The lowest BCUT2D eigenvalue weighted by atomic mass is 9.82. The van der Waals surface area contributed by atoms with Gasteiger partial charge in [-0.1, -0.05) is 27.7 Å². The summed E-state index contributed by atoms with van der Waals surface area (Å²) in [5.74, 6) is 0. The van der Waals surface area contributed by atoms with Crippen molar-refractivity contribution in [3.63, 3.8) is 0 Å². The molecule has 1 N–H and O–H groups in total. The first-order valence-electron chi connectivity index (χ1n) is 5.84. The van der Waals surface area contributed by atoms with Crippen molar-refractivity contribution < 1.29 is 4.74 Å². The Hall–Kier alpha value is -0.0800. The van der Waals surface area contributed by atoms with Gasteiger partial charge in [0.2, 0.25) is 0 Å². The van der Waals surface area contributed by atoms with Crippen molar-refractivity contribution in [2.45, 2.75) is 65.7 Å². The van der Waals surface area contributed by atoms with Gasteiger partial charge in [0.25, 0.3) is 0 Å². The van der Waals surface area contributed by atoms with Crippen LogP contribution in [0.2, 0.25) is 0 Å². The maximum absolute atomic E-state index is 5.94. The molecule has 0 aromatic rings. The SMILES string of the molecule is CCNC(C1CCC(C)O1)C(C)(C)C. The highest BCUT2D eigenvalue weighted by Crippen LogP contribution is 2.30. The Labute approximate surface area is 88.4 Å². The summed E-state index contributed by atoms with van der Waals surface area (Å²) < 4.78 is 5.94. The van der Waals surface area contributed by atoms with Crippen molar-refractivity contribution in [3.8, 4) is 0 Å². The van der Waals surface area contributed by atoms with Crippen LogP contribution in [-0.2, 0) is 4.74 Å². The van der Waals surface area contributed by atoms with E-state index in [0.717, 1.165) is 6.54 Å². The second-order valence-corrected chi connectivity index (χ2v) is 5.46. The van der Waals surface area contributed by atoms with Gasteiger partial charge < -0.3 is 10.1 Å². The van der Waals surface area contributed by atoms with Crippen molar-refractivity contribution >= 4 is 0 Å². The summed E-state index contributed by atoms with van der Waals surface area (Å²) in [7, 11) is 0. The predicted octanol–water partition coefficient (Wildman–Crippen LogP) is 2.58. The number of hydrogen-bond donors (Lipinski definition) is 1. The smallest absolute Gasteiger partial charge is 0.0737 e. The predicted molar refractivity (Wildman–Crippen MR) is 60.5 cm³/mol.